The molecule has 3 heteroatoms. The molecule has 2 aromatic heterocycles. The molecule has 0 fully saturated rings. The van der Waals surface area contributed by atoms with E-state index in [2.05, 4.69) is 216 Å². The maximum atomic E-state index is 2.39. The standard InChI is InChI=1S/C52H34N2S/c1-2-13-40(14-3-1)54-49-18-8-6-16-44(49)45-31-25-38(33-50(45)54)35-21-27-41(28-22-35)53(48-19-10-12-37-11-4-5-15-43(37)48)42-29-23-36(24-30-42)39-26-32-47-46-17-7-9-20-51(46)55-52(47)34-39/h1-34H. The van der Waals surface area contributed by atoms with Crippen LogP contribution in [0.5, 0.6) is 0 Å². The molecule has 9 aromatic carbocycles. The van der Waals surface area contributed by atoms with Gasteiger partial charge in [-0.3, -0.25) is 0 Å². The first-order valence-corrected chi connectivity index (χ1v) is 19.6. The average molecular weight is 719 g/mol. The van der Waals surface area contributed by atoms with Crippen LogP contribution in [0.4, 0.5) is 17.1 Å². The maximum Gasteiger partial charge on any atom is 0.0547 e. The zero-order valence-corrected chi connectivity index (χ0v) is 30.7. The van der Waals surface area contributed by atoms with Crippen molar-refractivity contribution in [3.63, 3.8) is 0 Å². The van der Waals surface area contributed by atoms with Crippen LogP contribution in [0.25, 0.3) is 80.7 Å². The Hall–Kier alpha value is -6.94. The summed E-state index contributed by atoms with van der Waals surface area (Å²) in [6, 6.07) is 75.2. The van der Waals surface area contributed by atoms with Gasteiger partial charge in [-0.25, -0.2) is 0 Å². The molecule has 0 aliphatic rings. The number of fused-ring (bicyclic) bond motifs is 7. The van der Waals surface area contributed by atoms with Gasteiger partial charge in [0.1, 0.15) is 0 Å². The summed E-state index contributed by atoms with van der Waals surface area (Å²) in [6.07, 6.45) is 0. The van der Waals surface area contributed by atoms with Gasteiger partial charge in [0.05, 0.1) is 16.7 Å². The molecular formula is C52H34N2S. The number of hydrogen-bond acceptors (Lipinski definition) is 2. The van der Waals surface area contributed by atoms with Crippen LogP contribution >= 0.6 is 11.3 Å². The lowest BCUT2D eigenvalue weighted by Crippen LogP contribution is -2.10. The van der Waals surface area contributed by atoms with Gasteiger partial charge >= 0.3 is 0 Å². The predicted molar refractivity (Wildman–Crippen MR) is 237 cm³/mol. The Labute approximate surface area is 323 Å². The van der Waals surface area contributed by atoms with E-state index in [0.717, 1.165) is 17.1 Å². The Morgan fingerprint density at radius 1 is 0.345 bits per heavy atom. The van der Waals surface area contributed by atoms with Crippen LogP contribution < -0.4 is 4.90 Å². The number of anilines is 3. The molecule has 0 unspecified atom stereocenters. The van der Waals surface area contributed by atoms with Crippen molar-refractivity contribution in [2.24, 2.45) is 0 Å². The van der Waals surface area contributed by atoms with E-state index in [0.29, 0.717) is 0 Å². The molecular weight excluding hydrogens is 685 g/mol. The van der Waals surface area contributed by atoms with Crippen molar-refractivity contribution >= 4 is 81.1 Å². The van der Waals surface area contributed by atoms with Gasteiger partial charge in [0.25, 0.3) is 0 Å². The molecule has 0 radical (unpaired) electrons. The third-order valence-corrected chi connectivity index (χ3v) is 12.1. The average Bonchev–Trinajstić information content (AvgIpc) is 3.80. The van der Waals surface area contributed by atoms with Crippen molar-refractivity contribution in [2.75, 3.05) is 4.90 Å². The molecule has 0 N–H and O–H groups in total. The second-order valence-electron chi connectivity index (χ2n) is 14.2. The molecule has 0 saturated carbocycles. The quantitative estimate of drug-likeness (QED) is 0.166. The Morgan fingerprint density at radius 2 is 0.891 bits per heavy atom. The first kappa shape index (κ1) is 31.6. The second kappa shape index (κ2) is 12.9. The largest absolute Gasteiger partial charge is 0.310 e. The van der Waals surface area contributed by atoms with Crippen LogP contribution in [0.15, 0.2) is 206 Å². The molecule has 2 heterocycles. The van der Waals surface area contributed by atoms with Crippen LogP contribution in [0.1, 0.15) is 0 Å². The fourth-order valence-corrected chi connectivity index (χ4v) is 9.49. The lowest BCUT2D eigenvalue weighted by molar-refractivity contribution is 1.18. The van der Waals surface area contributed by atoms with E-state index in [1.807, 2.05) is 11.3 Å². The van der Waals surface area contributed by atoms with E-state index in [-0.39, 0.29) is 0 Å². The Morgan fingerprint density at radius 3 is 1.65 bits per heavy atom. The number of benzene rings is 9. The summed E-state index contributed by atoms with van der Waals surface area (Å²) < 4.78 is 5.04. The summed E-state index contributed by atoms with van der Waals surface area (Å²) >= 11 is 1.86. The van der Waals surface area contributed by atoms with Crippen molar-refractivity contribution in [1.29, 1.82) is 0 Å². The summed E-state index contributed by atoms with van der Waals surface area (Å²) in [5, 5.41) is 7.61. The molecule has 55 heavy (non-hydrogen) atoms. The van der Waals surface area contributed by atoms with E-state index in [1.54, 1.807) is 0 Å². The maximum absolute atomic E-state index is 2.39. The molecule has 258 valence electrons. The molecule has 11 aromatic rings. The van der Waals surface area contributed by atoms with Crippen molar-refractivity contribution in [2.45, 2.75) is 0 Å². The number of thiophene rings is 1. The SMILES string of the molecule is c1ccc(-n2c3ccccc3c3ccc(-c4ccc(N(c5ccc(-c6ccc7c(c6)sc6ccccc67)cc5)c5cccc6ccccc56)cc4)cc32)cc1. The van der Waals surface area contributed by atoms with Crippen LogP contribution in [0.3, 0.4) is 0 Å². The van der Waals surface area contributed by atoms with E-state index in [1.165, 1.54) is 80.7 Å². The van der Waals surface area contributed by atoms with Gasteiger partial charge in [0.2, 0.25) is 0 Å². The first-order chi connectivity index (χ1) is 27.3. The molecule has 0 aliphatic carbocycles. The predicted octanol–water partition coefficient (Wildman–Crippen LogP) is 15.1. The third kappa shape index (κ3) is 5.32. The molecule has 0 bridgehead atoms. The fourth-order valence-electron chi connectivity index (χ4n) is 8.35. The molecule has 0 saturated heterocycles. The van der Waals surface area contributed by atoms with Gasteiger partial charge in [-0.1, -0.05) is 140 Å². The van der Waals surface area contributed by atoms with Gasteiger partial charge in [0, 0.05) is 53.4 Å². The normalized spacial score (nSPS) is 11.6. The Bertz CT molecular complexity index is 3180. The summed E-state index contributed by atoms with van der Waals surface area (Å²) in [5.41, 5.74) is 11.8. The minimum atomic E-state index is 1.11. The highest BCUT2D eigenvalue weighted by Gasteiger charge is 2.17. The van der Waals surface area contributed by atoms with Crippen molar-refractivity contribution in [1.82, 2.24) is 4.57 Å². The third-order valence-electron chi connectivity index (χ3n) is 11.0. The van der Waals surface area contributed by atoms with Crippen molar-refractivity contribution in [3.05, 3.63) is 206 Å². The number of nitrogens with zero attached hydrogens (tertiary/aromatic N) is 2. The zero-order valence-electron chi connectivity index (χ0n) is 29.9. The summed E-state index contributed by atoms with van der Waals surface area (Å²) in [5.74, 6) is 0. The van der Waals surface area contributed by atoms with Crippen LogP contribution in [0.2, 0.25) is 0 Å². The molecule has 11 rings (SSSR count). The highest BCUT2D eigenvalue weighted by Crippen LogP contribution is 2.42. The van der Waals surface area contributed by atoms with Gasteiger partial charge in [-0.2, -0.15) is 0 Å². The highest BCUT2D eigenvalue weighted by atomic mass is 32.1. The lowest BCUT2D eigenvalue weighted by Gasteiger charge is -2.27. The monoisotopic (exact) mass is 718 g/mol. The van der Waals surface area contributed by atoms with E-state index < -0.39 is 0 Å². The van der Waals surface area contributed by atoms with E-state index in [9.17, 15) is 0 Å². The summed E-state index contributed by atoms with van der Waals surface area (Å²) in [7, 11) is 0. The van der Waals surface area contributed by atoms with Gasteiger partial charge < -0.3 is 9.47 Å². The van der Waals surface area contributed by atoms with E-state index in [4.69, 9.17) is 0 Å². The smallest absolute Gasteiger partial charge is 0.0547 e. The molecule has 0 amide bonds. The summed E-state index contributed by atoms with van der Waals surface area (Å²) in [6.45, 7) is 0. The van der Waals surface area contributed by atoms with Crippen molar-refractivity contribution < 1.29 is 0 Å². The molecule has 0 spiro atoms. The summed E-state index contributed by atoms with van der Waals surface area (Å²) in [4.78, 5) is 2.39. The first-order valence-electron chi connectivity index (χ1n) is 18.8. The van der Waals surface area contributed by atoms with Crippen molar-refractivity contribution in [3.8, 4) is 27.9 Å². The van der Waals surface area contributed by atoms with Gasteiger partial charge in [-0.15, -0.1) is 11.3 Å². The minimum Gasteiger partial charge on any atom is -0.310 e. The topological polar surface area (TPSA) is 8.17 Å². The lowest BCUT2D eigenvalue weighted by atomic mass is 10.0. The zero-order chi connectivity index (χ0) is 36.3. The fraction of sp³-hybridized carbons (Fsp3) is 0. The molecule has 0 atom stereocenters. The molecule has 2 nitrogen and oxygen atoms in total. The van der Waals surface area contributed by atoms with Gasteiger partial charge in [-0.05, 0) is 94.4 Å². The Kier molecular flexibility index (Phi) is 7.39. The number of aromatic nitrogens is 1. The highest BCUT2D eigenvalue weighted by molar-refractivity contribution is 7.25. The molecule has 0 aliphatic heterocycles. The van der Waals surface area contributed by atoms with Crippen LogP contribution in [-0.4, -0.2) is 4.57 Å². The van der Waals surface area contributed by atoms with Gasteiger partial charge in [0.15, 0.2) is 0 Å². The second-order valence-corrected chi connectivity index (χ2v) is 15.2. The Balaban J connectivity index is 0.998. The minimum absolute atomic E-state index is 1.11. The number of rotatable bonds is 6. The van der Waals surface area contributed by atoms with E-state index >= 15 is 0 Å². The number of hydrogen-bond donors (Lipinski definition) is 0. The number of para-hydroxylation sites is 2. The van der Waals surface area contributed by atoms with Crippen LogP contribution in [0, 0.1) is 0 Å². The van der Waals surface area contributed by atoms with Crippen LogP contribution in [-0.2, 0) is 0 Å².